The van der Waals surface area contributed by atoms with Crippen LogP contribution in [-0.2, 0) is 6.61 Å². The van der Waals surface area contributed by atoms with Gasteiger partial charge in [-0.25, -0.2) is 9.59 Å². The summed E-state index contributed by atoms with van der Waals surface area (Å²) in [5, 5.41) is 11.3. The van der Waals surface area contributed by atoms with Crippen molar-refractivity contribution in [2.75, 3.05) is 5.32 Å². The number of imidazole rings is 1. The second-order valence-electron chi connectivity index (χ2n) is 7.57. The summed E-state index contributed by atoms with van der Waals surface area (Å²) in [6, 6.07) is 25.6. The number of carbonyl (C=O) groups is 1. The molecule has 5 aromatic rings. The van der Waals surface area contributed by atoms with Gasteiger partial charge in [0.2, 0.25) is 0 Å². The summed E-state index contributed by atoms with van der Waals surface area (Å²) < 4.78 is 8.96. The van der Waals surface area contributed by atoms with Crippen molar-refractivity contribution in [2.24, 2.45) is 0 Å². The summed E-state index contributed by atoms with van der Waals surface area (Å²) in [6.45, 7) is 0.448. The van der Waals surface area contributed by atoms with E-state index in [1.54, 1.807) is 47.3 Å². The third-order valence-corrected chi connectivity index (χ3v) is 5.34. The SMILES string of the molecule is O=C(O)Nc1cccc(-n2c(=O)n(-c3ccc(OCc4ccccc4)cc3)c3cnccc32)c1. The first kappa shape index (κ1) is 21.0. The number of benzene rings is 3. The summed E-state index contributed by atoms with van der Waals surface area (Å²) >= 11 is 0. The zero-order valence-corrected chi connectivity index (χ0v) is 18.0. The molecule has 0 aliphatic carbocycles. The summed E-state index contributed by atoms with van der Waals surface area (Å²) in [6.07, 6.45) is 2.07. The Bertz CT molecular complexity index is 1520. The Morgan fingerprint density at radius 1 is 0.882 bits per heavy atom. The number of ether oxygens (including phenoxy) is 1. The first-order valence-corrected chi connectivity index (χ1v) is 10.6. The van der Waals surface area contributed by atoms with E-state index in [2.05, 4.69) is 10.3 Å². The predicted octanol–water partition coefficient (Wildman–Crippen LogP) is 4.85. The predicted molar refractivity (Wildman–Crippen MR) is 129 cm³/mol. The Labute approximate surface area is 194 Å². The van der Waals surface area contributed by atoms with Gasteiger partial charge in [-0.15, -0.1) is 0 Å². The molecule has 1 amide bonds. The molecule has 2 aromatic heterocycles. The molecule has 0 bridgehead atoms. The highest BCUT2D eigenvalue weighted by Gasteiger charge is 2.16. The Morgan fingerprint density at radius 2 is 1.65 bits per heavy atom. The van der Waals surface area contributed by atoms with Crippen molar-refractivity contribution in [2.45, 2.75) is 6.61 Å². The van der Waals surface area contributed by atoms with Crippen molar-refractivity contribution in [1.29, 1.82) is 0 Å². The van der Waals surface area contributed by atoms with Crippen LogP contribution in [-0.4, -0.2) is 25.3 Å². The summed E-state index contributed by atoms with van der Waals surface area (Å²) in [5.74, 6) is 0.690. The molecule has 0 atom stereocenters. The van der Waals surface area contributed by atoms with Gasteiger partial charge in [-0.1, -0.05) is 36.4 Å². The smallest absolute Gasteiger partial charge is 0.409 e. The Morgan fingerprint density at radius 3 is 2.41 bits per heavy atom. The average Bonchev–Trinajstić information content (AvgIpc) is 3.15. The molecule has 5 rings (SSSR count). The Kier molecular flexibility index (Phi) is 5.53. The number of hydrogen-bond acceptors (Lipinski definition) is 4. The van der Waals surface area contributed by atoms with E-state index in [-0.39, 0.29) is 5.69 Å². The zero-order valence-electron chi connectivity index (χ0n) is 18.0. The average molecular weight is 452 g/mol. The molecule has 0 saturated heterocycles. The fourth-order valence-electron chi connectivity index (χ4n) is 3.82. The van der Waals surface area contributed by atoms with Crippen LogP contribution in [0.2, 0.25) is 0 Å². The highest BCUT2D eigenvalue weighted by atomic mass is 16.5. The second kappa shape index (κ2) is 8.95. The van der Waals surface area contributed by atoms with Crippen molar-refractivity contribution >= 4 is 22.8 Å². The molecular formula is C26H20N4O4. The highest BCUT2D eigenvalue weighted by Crippen LogP contribution is 2.23. The molecule has 3 aromatic carbocycles. The maximum Gasteiger partial charge on any atom is 0.409 e. The van der Waals surface area contributed by atoms with Gasteiger partial charge in [0, 0.05) is 11.9 Å². The van der Waals surface area contributed by atoms with E-state index in [0.717, 1.165) is 5.56 Å². The molecular weight excluding hydrogens is 432 g/mol. The van der Waals surface area contributed by atoms with Crippen LogP contribution in [0, 0.1) is 0 Å². The van der Waals surface area contributed by atoms with Crippen LogP contribution in [0.15, 0.2) is 102 Å². The van der Waals surface area contributed by atoms with E-state index in [1.807, 2.05) is 54.6 Å². The van der Waals surface area contributed by atoms with Gasteiger partial charge in [0.25, 0.3) is 0 Å². The molecule has 2 N–H and O–H groups in total. The minimum Gasteiger partial charge on any atom is -0.489 e. The number of anilines is 1. The molecule has 0 aliphatic rings. The molecule has 0 aliphatic heterocycles. The number of nitrogens with one attached hydrogen (secondary N) is 1. The molecule has 2 heterocycles. The Hall–Kier alpha value is -4.85. The van der Waals surface area contributed by atoms with Crippen LogP contribution in [0.4, 0.5) is 10.5 Å². The van der Waals surface area contributed by atoms with Crippen LogP contribution in [0.5, 0.6) is 5.75 Å². The van der Waals surface area contributed by atoms with E-state index >= 15 is 0 Å². The molecule has 0 saturated carbocycles. The number of hydrogen-bond donors (Lipinski definition) is 2. The summed E-state index contributed by atoms with van der Waals surface area (Å²) in [4.78, 5) is 28.8. The number of rotatable bonds is 6. The number of carboxylic acid groups (broad SMARTS) is 1. The van der Waals surface area contributed by atoms with E-state index in [1.165, 1.54) is 4.57 Å². The molecule has 0 spiro atoms. The molecule has 0 radical (unpaired) electrons. The number of fused-ring (bicyclic) bond motifs is 1. The zero-order chi connectivity index (χ0) is 23.5. The Balaban J connectivity index is 1.52. The maximum atomic E-state index is 13.5. The molecule has 8 heteroatoms. The lowest BCUT2D eigenvalue weighted by Gasteiger charge is -2.08. The van der Waals surface area contributed by atoms with Gasteiger partial charge >= 0.3 is 11.8 Å². The van der Waals surface area contributed by atoms with Crippen LogP contribution < -0.4 is 15.7 Å². The molecule has 168 valence electrons. The molecule has 0 fully saturated rings. The van der Waals surface area contributed by atoms with Gasteiger partial charge in [0.15, 0.2) is 0 Å². The van der Waals surface area contributed by atoms with Crippen molar-refractivity contribution in [3.8, 4) is 17.1 Å². The number of pyridine rings is 1. The minimum absolute atomic E-state index is 0.298. The van der Waals surface area contributed by atoms with E-state index in [4.69, 9.17) is 9.84 Å². The van der Waals surface area contributed by atoms with Gasteiger partial charge in [0.05, 0.1) is 28.6 Å². The van der Waals surface area contributed by atoms with Crippen molar-refractivity contribution in [1.82, 2.24) is 14.1 Å². The third kappa shape index (κ3) is 4.12. The fourth-order valence-corrected chi connectivity index (χ4v) is 3.82. The topological polar surface area (TPSA) is 98.4 Å². The van der Waals surface area contributed by atoms with Crippen LogP contribution in [0.3, 0.4) is 0 Å². The van der Waals surface area contributed by atoms with Gasteiger partial charge in [-0.2, -0.15) is 0 Å². The number of amides is 1. The quantitative estimate of drug-likeness (QED) is 0.384. The van der Waals surface area contributed by atoms with E-state index in [9.17, 15) is 9.59 Å². The van der Waals surface area contributed by atoms with Gasteiger partial charge in [0.1, 0.15) is 12.4 Å². The normalized spacial score (nSPS) is 10.8. The maximum absolute atomic E-state index is 13.5. The molecule has 8 nitrogen and oxygen atoms in total. The van der Waals surface area contributed by atoms with Crippen LogP contribution in [0.1, 0.15) is 5.56 Å². The summed E-state index contributed by atoms with van der Waals surface area (Å²) in [5.41, 5.74) is 3.61. The summed E-state index contributed by atoms with van der Waals surface area (Å²) in [7, 11) is 0. The van der Waals surface area contributed by atoms with Crippen molar-refractivity contribution < 1.29 is 14.6 Å². The minimum atomic E-state index is -1.18. The van der Waals surface area contributed by atoms with Crippen molar-refractivity contribution in [3.63, 3.8) is 0 Å². The molecule has 0 unspecified atom stereocenters. The lowest BCUT2D eigenvalue weighted by Crippen LogP contribution is -2.22. The fraction of sp³-hybridized carbons (Fsp3) is 0.0385. The lowest BCUT2D eigenvalue weighted by molar-refractivity contribution is 0.210. The van der Waals surface area contributed by atoms with Gasteiger partial charge in [-0.3, -0.25) is 19.4 Å². The monoisotopic (exact) mass is 452 g/mol. The van der Waals surface area contributed by atoms with Crippen molar-refractivity contribution in [3.05, 3.63) is 113 Å². The standard InChI is InChI=1S/C26H20N4O4/c31-25(32)28-19-7-4-8-21(15-19)30-23-13-14-27-16-24(23)29(26(30)33)20-9-11-22(12-10-20)34-17-18-5-2-1-3-6-18/h1-16,28H,17H2,(H,31,32). The van der Waals surface area contributed by atoms with E-state index < -0.39 is 6.09 Å². The first-order valence-electron chi connectivity index (χ1n) is 10.6. The van der Waals surface area contributed by atoms with Crippen LogP contribution in [0.25, 0.3) is 22.4 Å². The highest BCUT2D eigenvalue weighted by molar-refractivity contribution is 5.84. The number of nitrogens with zero attached hydrogens (tertiary/aromatic N) is 3. The lowest BCUT2D eigenvalue weighted by atomic mass is 10.2. The second-order valence-corrected chi connectivity index (χ2v) is 7.57. The van der Waals surface area contributed by atoms with Crippen LogP contribution >= 0.6 is 0 Å². The first-order chi connectivity index (χ1) is 16.6. The van der Waals surface area contributed by atoms with E-state index in [0.29, 0.717) is 40.5 Å². The third-order valence-electron chi connectivity index (χ3n) is 5.34. The van der Waals surface area contributed by atoms with Gasteiger partial charge in [-0.05, 0) is 54.1 Å². The molecule has 34 heavy (non-hydrogen) atoms. The largest absolute Gasteiger partial charge is 0.489 e. The van der Waals surface area contributed by atoms with Gasteiger partial charge < -0.3 is 9.84 Å². The number of aromatic nitrogens is 3.